The molecule has 0 spiro atoms. The van der Waals surface area contributed by atoms with Gasteiger partial charge in [0.2, 0.25) is 0 Å². The molecule has 3 heterocycles. The largest absolute Gasteiger partial charge is 0.361 e. The van der Waals surface area contributed by atoms with Crippen LogP contribution in [0.25, 0.3) is 5.65 Å². The number of pyridine rings is 1. The maximum absolute atomic E-state index is 4.30. The molecule has 3 aromatic heterocycles. The van der Waals surface area contributed by atoms with Crippen LogP contribution < -0.4 is 5.32 Å². The van der Waals surface area contributed by atoms with Gasteiger partial charge in [-0.1, -0.05) is 6.07 Å². The molecular weight excluding hydrogens is 230 g/mol. The summed E-state index contributed by atoms with van der Waals surface area (Å²) in [6.45, 7) is 2.02. The monoisotopic (exact) mass is 241 g/mol. The molecule has 1 N–H and O–H groups in total. The van der Waals surface area contributed by atoms with Crippen molar-refractivity contribution in [1.29, 1.82) is 0 Å². The van der Waals surface area contributed by atoms with Gasteiger partial charge in [0, 0.05) is 6.20 Å². The van der Waals surface area contributed by atoms with Crippen LogP contribution in [0.1, 0.15) is 18.7 Å². The first-order valence-corrected chi connectivity index (χ1v) is 5.54. The van der Waals surface area contributed by atoms with Crippen molar-refractivity contribution < 1.29 is 0 Å². The summed E-state index contributed by atoms with van der Waals surface area (Å²) in [6.07, 6.45) is 5.06. The maximum atomic E-state index is 4.30. The lowest BCUT2D eigenvalue weighted by Crippen LogP contribution is -2.11. The molecule has 0 saturated heterocycles. The normalized spacial score (nSPS) is 12.5. The Kier molecular flexibility index (Phi) is 2.56. The fourth-order valence-electron chi connectivity index (χ4n) is 1.70. The minimum Gasteiger partial charge on any atom is -0.361 e. The Labute approximate surface area is 103 Å². The molecule has 90 valence electrons. The molecule has 0 radical (unpaired) electrons. The smallest absolute Gasteiger partial charge is 0.199 e. The Balaban J connectivity index is 1.91. The lowest BCUT2D eigenvalue weighted by atomic mass is 10.2. The standard InChI is InChI=1S/C11H11N7/c1-8(9-4-2-3-5-13-9)14-10-6-12-7-11-15-16-17-18(10)11/h2-8,14H,1H3. The molecule has 18 heavy (non-hydrogen) atoms. The topological polar surface area (TPSA) is 80.9 Å². The third kappa shape index (κ3) is 1.86. The van der Waals surface area contributed by atoms with Gasteiger partial charge in [-0.2, -0.15) is 4.52 Å². The molecule has 7 nitrogen and oxygen atoms in total. The van der Waals surface area contributed by atoms with E-state index < -0.39 is 0 Å². The van der Waals surface area contributed by atoms with Gasteiger partial charge in [-0.15, -0.1) is 5.10 Å². The molecule has 0 amide bonds. The average Bonchev–Trinajstić information content (AvgIpc) is 2.89. The third-order valence-corrected chi connectivity index (χ3v) is 2.60. The molecular formula is C11H11N7. The summed E-state index contributed by atoms with van der Waals surface area (Å²) in [5.41, 5.74) is 1.55. The molecule has 3 aromatic rings. The van der Waals surface area contributed by atoms with Crippen molar-refractivity contribution in [2.75, 3.05) is 5.32 Å². The quantitative estimate of drug-likeness (QED) is 0.739. The summed E-state index contributed by atoms with van der Waals surface area (Å²) in [5.74, 6) is 0.732. The fraction of sp³-hybridized carbons (Fsp3) is 0.182. The highest BCUT2D eigenvalue weighted by atomic mass is 15.5. The number of hydrogen-bond donors (Lipinski definition) is 1. The van der Waals surface area contributed by atoms with Crippen molar-refractivity contribution in [3.8, 4) is 0 Å². The van der Waals surface area contributed by atoms with Crippen LogP contribution in [0, 0.1) is 0 Å². The van der Waals surface area contributed by atoms with E-state index in [1.165, 1.54) is 0 Å². The summed E-state index contributed by atoms with van der Waals surface area (Å²) >= 11 is 0. The van der Waals surface area contributed by atoms with E-state index in [0.29, 0.717) is 5.65 Å². The van der Waals surface area contributed by atoms with E-state index in [0.717, 1.165) is 11.5 Å². The van der Waals surface area contributed by atoms with Gasteiger partial charge in [0.1, 0.15) is 0 Å². The van der Waals surface area contributed by atoms with E-state index in [1.54, 1.807) is 23.1 Å². The average molecular weight is 241 g/mol. The zero-order valence-electron chi connectivity index (χ0n) is 9.72. The van der Waals surface area contributed by atoms with E-state index in [1.807, 2.05) is 25.1 Å². The lowest BCUT2D eigenvalue weighted by Gasteiger charge is -2.14. The summed E-state index contributed by atoms with van der Waals surface area (Å²) in [6, 6.07) is 5.85. The third-order valence-electron chi connectivity index (χ3n) is 2.60. The first kappa shape index (κ1) is 10.6. The molecule has 1 atom stereocenters. The molecule has 0 fully saturated rings. The number of nitrogens with zero attached hydrogens (tertiary/aromatic N) is 6. The van der Waals surface area contributed by atoms with Crippen LogP contribution in [-0.2, 0) is 0 Å². The molecule has 0 aromatic carbocycles. The molecule has 0 aliphatic heterocycles. The Morgan fingerprint density at radius 1 is 1.28 bits per heavy atom. The van der Waals surface area contributed by atoms with Crippen LogP contribution in [0.5, 0.6) is 0 Å². The van der Waals surface area contributed by atoms with Crippen LogP contribution in [0.15, 0.2) is 36.8 Å². The van der Waals surface area contributed by atoms with Gasteiger partial charge < -0.3 is 5.32 Å². The van der Waals surface area contributed by atoms with Crippen LogP contribution in [0.3, 0.4) is 0 Å². The van der Waals surface area contributed by atoms with Crippen molar-refractivity contribution in [3.05, 3.63) is 42.5 Å². The number of tetrazole rings is 1. The van der Waals surface area contributed by atoms with Crippen molar-refractivity contribution in [2.45, 2.75) is 13.0 Å². The zero-order valence-corrected chi connectivity index (χ0v) is 9.72. The second kappa shape index (κ2) is 4.36. The van der Waals surface area contributed by atoms with Crippen molar-refractivity contribution in [2.24, 2.45) is 0 Å². The van der Waals surface area contributed by atoms with Crippen molar-refractivity contribution in [3.63, 3.8) is 0 Å². The number of aromatic nitrogens is 6. The number of rotatable bonds is 3. The summed E-state index contributed by atoms with van der Waals surface area (Å²) in [7, 11) is 0. The number of hydrogen-bond acceptors (Lipinski definition) is 6. The molecule has 0 saturated carbocycles. The first-order chi connectivity index (χ1) is 8.84. The van der Waals surface area contributed by atoms with Gasteiger partial charge in [0.25, 0.3) is 0 Å². The van der Waals surface area contributed by atoms with E-state index in [2.05, 4.69) is 30.8 Å². The predicted molar refractivity (Wildman–Crippen MR) is 64.9 cm³/mol. The first-order valence-electron chi connectivity index (χ1n) is 5.54. The maximum Gasteiger partial charge on any atom is 0.199 e. The summed E-state index contributed by atoms with van der Waals surface area (Å²) in [4.78, 5) is 8.38. The Morgan fingerprint density at radius 3 is 3.06 bits per heavy atom. The van der Waals surface area contributed by atoms with Gasteiger partial charge in [-0.3, -0.25) is 9.97 Å². The summed E-state index contributed by atoms with van der Waals surface area (Å²) in [5, 5.41) is 14.6. The Morgan fingerprint density at radius 2 is 2.22 bits per heavy atom. The zero-order chi connectivity index (χ0) is 12.4. The molecule has 0 bridgehead atoms. The molecule has 3 rings (SSSR count). The van der Waals surface area contributed by atoms with E-state index >= 15 is 0 Å². The minimum atomic E-state index is 0.0443. The predicted octanol–water partition coefficient (Wildman–Crippen LogP) is 1.09. The SMILES string of the molecule is CC(Nc1cncc2nnnn12)c1ccccn1. The van der Waals surface area contributed by atoms with Crippen LogP contribution in [0.2, 0.25) is 0 Å². The number of nitrogens with one attached hydrogen (secondary N) is 1. The highest BCUT2D eigenvalue weighted by Gasteiger charge is 2.09. The van der Waals surface area contributed by atoms with Gasteiger partial charge in [-0.25, -0.2) is 0 Å². The molecule has 0 aliphatic rings. The number of fused-ring (bicyclic) bond motifs is 1. The minimum absolute atomic E-state index is 0.0443. The summed E-state index contributed by atoms with van der Waals surface area (Å²) < 4.78 is 1.60. The van der Waals surface area contributed by atoms with Gasteiger partial charge >= 0.3 is 0 Å². The second-order valence-electron chi connectivity index (χ2n) is 3.86. The Hall–Kier alpha value is -2.57. The van der Waals surface area contributed by atoms with Gasteiger partial charge in [-0.05, 0) is 29.5 Å². The second-order valence-corrected chi connectivity index (χ2v) is 3.86. The van der Waals surface area contributed by atoms with Gasteiger partial charge in [0.05, 0.1) is 24.1 Å². The Bertz CT molecular complexity index is 649. The lowest BCUT2D eigenvalue weighted by molar-refractivity contribution is 0.783. The van der Waals surface area contributed by atoms with Crippen molar-refractivity contribution in [1.82, 2.24) is 30.0 Å². The van der Waals surface area contributed by atoms with Crippen LogP contribution in [-0.4, -0.2) is 30.0 Å². The van der Waals surface area contributed by atoms with E-state index in [4.69, 9.17) is 0 Å². The van der Waals surface area contributed by atoms with Gasteiger partial charge in [0.15, 0.2) is 11.5 Å². The molecule has 0 aliphatic carbocycles. The van der Waals surface area contributed by atoms with E-state index in [-0.39, 0.29) is 6.04 Å². The fourth-order valence-corrected chi connectivity index (χ4v) is 1.70. The van der Waals surface area contributed by atoms with E-state index in [9.17, 15) is 0 Å². The van der Waals surface area contributed by atoms with Crippen LogP contribution in [0.4, 0.5) is 5.82 Å². The molecule has 1 unspecified atom stereocenters. The molecule has 7 heteroatoms. The number of anilines is 1. The van der Waals surface area contributed by atoms with Crippen LogP contribution >= 0.6 is 0 Å². The highest BCUT2D eigenvalue weighted by Crippen LogP contribution is 2.16. The van der Waals surface area contributed by atoms with Crippen molar-refractivity contribution >= 4 is 11.5 Å². The highest BCUT2D eigenvalue weighted by molar-refractivity contribution is 5.44.